The van der Waals surface area contributed by atoms with E-state index in [1.807, 2.05) is 37.6 Å². The molecule has 2 N–H and O–H groups in total. The number of aromatic nitrogens is 6. The van der Waals surface area contributed by atoms with Crippen molar-refractivity contribution in [3.05, 3.63) is 84.3 Å². The second-order valence-corrected chi connectivity index (χ2v) is 10.1. The molecule has 1 saturated heterocycles. The molecule has 7 rings (SSSR count). The topological polar surface area (TPSA) is 86.4 Å². The van der Waals surface area contributed by atoms with Crippen molar-refractivity contribution in [3.63, 3.8) is 0 Å². The number of H-pyrrole nitrogens is 2. The lowest BCUT2D eigenvalue weighted by Crippen LogP contribution is -2.18. The Labute approximate surface area is 218 Å². The maximum atomic E-state index is 14.2. The fourth-order valence-electron chi connectivity index (χ4n) is 5.50. The number of fused-ring (bicyclic) bond motifs is 2. The molecule has 0 radical (unpaired) electrons. The molecule has 6 aromatic rings. The molecule has 1 aliphatic rings. The van der Waals surface area contributed by atoms with Gasteiger partial charge in [0, 0.05) is 58.8 Å². The lowest BCUT2D eigenvalue weighted by atomic mass is 10.0. The first-order valence-corrected chi connectivity index (χ1v) is 12.9. The number of hydrogen-bond donors (Lipinski definition) is 2. The van der Waals surface area contributed by atoms with Crippen LogP contribution in [-0.2, 0) is 6.54 Å². The van der Waals surface area contributed by atoms with Crippen LogP contribution in [0, 0.1) is 12.7 Å². The zero-order chi connectivity index (χ0) is 25.6. The van der Waals surface area contributed by atoms with Crippen molar-refractivity contribution in [2.45, 2.75) is 26.3 Å². The number of pyridine rings is 3. The molecule has 8 heteroatoms. The van der Waals surface area contributed by atoms with Gasteiger partial charge in [-0.2, -0.15) is 5.10 Å². The summed E-state index contributed by atoms with van der Waals surface area (Å²) in [5, 5.41) is 9.52. The number of hydrogen-bond acceptors (Lipinski definition) is 5. The Balaban J connectivity index is 1.28. The van der Waals surface area contributed by atoms with Crippen LogP contribution in [0.1, 0.15) is 24.0 Å². The monoisotopic (exact) mass is 503 g/mol. The number of nitrogens with zero attached hydrogens (tertiary/aromatic N) is 5. The highest BCUT2D eigenvalue weighted by Gasteiger charge is 2.17. The summed E-state index contributed by atoms with van der Waals surface area (Å²) in [4.78, 5) is 19.5. The molecular formula is C30H26FN7. The van der Waals surface area contributed by atoms with Crippen LogP contribution in [0.2, 0.25) is 0 Å². The minimum absolute atomic E-state index is 0.261. The summed E-state index contributed by atoms with van der Waals surface area (Å²) in [5.74, 6) is -0.261. The molecule has 0 spiro atoms. The smallest absolute Gasteiger partial charge is 0.155 e. The van der Waals surface area contributed by atoms with Crippen molar-refractivity contribution >= 4 is 21.9 Å². The maximum absolute atomic E-state index is 14.2. The zero-order valence-electron chi connectivity index (χ0n) is 21.0. The van der Waals surface area contributed by atoms with Crippen LogP contribution >= 0.6 is 0 Å². The first-order chi connectivity index (χ1) is 18.6. The summed E-state index contributed by atoms with van der Waals surface area (Å²) < 4.78 is 14.2. The number of rotatable bonds is 5. The SMILES string of the molecule is Cc1cc(F)cc(-c2cncc3[nH]c(-c4n[nH]c5ncc(-c6cncc(CN7CCCC7)c6)cc45)cc23)c1. The van der Waals surface area contributed by atoms with Gasteiger partial charge in [-0.1, -0.05) is 6.07 Å². The first-order valence-electron chi connectivity index (χ1n) is 12.9. The molecule has 7 nitrogen and oxygen atoms in total. The normalized spacial score (nSPS) is 14.2. The van der Waals surface area contributed by atoms with Crippen LogP contribution in [0.25, 0.3) is 55.6 Å². The zero-order valence-corrected chi connectivity index (χ0v) is 21.0. The summed E-state index contributed by atoms with van der Waals surface area (Å²) in [6.07, 6.45) is 11.8. The third-order valence-corrected chi connectivity index (χ3v) is 7.30. The van der Waals surface area contributed by atoms with Gasteiger partial charge in [-0.15, -0.1) is 0 Å². The summed E-state index contributed by atoms with van der Waals surface area (Å²) in [6.45, 7) is 5.11. The van der Waals surface area contributed by atoms with Crippen LogP contribution in [0.4, 0.5) is 4.39 Å². The fourth-order valence-corrected chi connectivity index (χ4v) is 5.50. The molecule has 6 heterocycles. The maximum Gasteiger partial charge on any atom is 0.155 e. The molecule has 5 aromatic heterocycles. The number of aryl methyl sites for hydroxylation is 1. The summed E-state index contributed by atoms with van der Waals surface area (Å²) in [7, 11) is 0. The highest BCUT2D eigenvalue weighted by atomic mass is 19.1. The Bertz CT molecular complexity index is 1780. The molecule has 0 atom stereocenters. The van der Waals surface area contributed by atoms with E-state index in [1.54, 1.807) is 18.5 Å². The Kier molecular flexibility index (Phi) is 5.47. The van der Waals surface area contributed by atoms with Gasteiger partial charge < -0.3 is 4.98 Å². The third-order valence-electron chi connectivity index (χ3n) is 7.30. The van der Waals surface area contributed by atoms with E-state index in [0.717, 1.165) is 75.1 Å². The standard InChI is InChI=1S/C30H26FN7/c1-18-6-20(9-23(31)7-18)26-15-33-16-28-24(26)11-27(35-28)29-25-10-22(14-34-30(25)37-36-29)21-8-19(12-32-13-21)17-38-4-2-3-5-38/h6-16,35H,2-5,17H2,1H3,(H,34,36,37). The van der Waals surface area contributed by atoms with Crippen molar-refractivity contribution in [1.82, 2.24) is 35.0 Å². The molecule has 1 aliphatic heterocycles. The van der Waals surface area contributed by atoms with Gasteiger partial charge in [0.25, 0.3) is 0 Å². The Morgan fingerprint density at radius 3 is 2.55 bits per heavy atom. The number of likely N-dealkylation sites (tertiary alicyclic amines) is 1. The summed E-state index contributed by atoms with van der Waals surface area (Å²) in [6, 6.07) is 11.4. The van der Waals surface area contributed by atoms with Gasteiger partial charge in [-0.3, -0.25) is 20.0 Å². The van der Waals surface area contributed by atoms with Crippen LogP contribution in [0.3, 0.4) is 0 Å². The molecule has 1 fully saturated rings. The predicted molar refractivity (Wildman–Crippen MR) is 147 cm³/mol. The van der Waals surface area contributed by atoms with Crippen LogP contribution < -0.4 is 0 Å². The van der Waals surface area contributed by atoms with Gasteiger partial charge in [0.15, 0.2) is 5.65 Å². The summed E-state index contributed by atoms with van der Waals surface area (Å²) >= 11 is 0. The van der Waals surface area contributed by atoms with Gasteiger partial charge in [-0.25, -0.2) is 9.37 Å². The van der Waals surface area contributed by atoms with E-state index in [1.165, 1.54) is 24.5 Å². The van der Waals surface area contributed by atoms with Crippen molar-refractivity contribution in [3.8, 4) is 33.6 Å². The van der Waals surface area contributed by atoms with Crippen molar-refractivity contribution < 1.29 is 4.39 Å². The second kappa shape index (κ2) is 9.15. The Morgan fingerprint density at radius 1 is 0.842 bits per heavy atom. The lowest BCUT2D eigenvalue weighted by Gasteiger charge is -2.14. The Morgan fingerprint density at radius 2 is 1.68 bits per heavy atom. The molecule has 0 amide bonds. The van der Waals surface area contributed by atoms with Gasteiger partial charge in [0.2, 0.25) is 0 Å². The minimum Gasteiger partial charge on any atom is -0.352 e. The van der Waals surface area contributed by atoms with E-state index in [9.17, 15) is 4.39 Å². The number of aromatic amines is 2. The van der Waals surface area contributed by atoms with Crippen LogP contribution in [0.15, 0.2) is 67.4 Å². The largest absolute Gasteiger partial charge is 0.352 e. The molecule has 38 heavy (non-hydrogen) atoms. The fraction of sp³-hybridized carbons (Fsp3) is 0.200. The van der Waals surface area contributed by atoms with Crippen molar-refractivity contribution in [1.29, 1.82) is 0 Å². The molecule has 0 unspecified atom stereocenters. The Hall–Kier alpha value is -4.43. The average Bonchev–Trinajstić information content (AvgIpc) is 3.67. The van der Waals surface area contributed by atoms with E-state index in [2.05, 4.69) is 47.2 Å². The quantitative estimate of drug-likeness (QED) is 0.289. The minimum atomic E-state index is -0.261. The van der Waals surface area contributed by atoms with Gasteiger partial charge in [0.05, 0.1) is 17.4 Å². The summed E-state index contributed by atoms with van der Waals surface area (Å²) in [5.41, 5.74) is 8.94. The number of benzene rings is 1. The second-order valence-electron chi connectivity index (χ2n) is 10.1. The van der Waals surface area contributed by atoms with E-state index in [-0.39, 0.29) is 5.82 Å². The van der Waals surface area contributed by atoms with E-state index in [4.69, 9.17) is 0 Å². The molecule has 188 valence electrons. The molecule has 0 saturated carbocycles. The van der Waals surface area contributed by atoms with E-state index < -0.39 is 0 Å². The lowest BCUT2D eigenvalue weighted by molar-refractivity contribution is 0.331. The number of halogens is 1. The third kappa shape index (κ3) is 4.13. The van der Waals surface area contributed by atoms with Crippen molar-refractivity contribution in [2.24, 2.45) is 0 Å². The van der Waals surface area contributed by atoms with E-state index >= 15 is 0 Å². The molecule has 1 aromatic carbocycles. The van der Waals surface area contributed by atoms with Crippen LogP contribution in [0.5, 0.6) is 0 Å². The highest BCUT2D eigenvalue weighted by molar-refractivity contribution is 6.00. The molecular weight excluding hydrogens is 477 g/mol. The predicted octanol–water partition coefficient (Wildman–Crippen LogP) is 6.27. The van der Waals surface area contributed by atoms with Gasteiger partial charge in [0.1, 0.15) is 11.5 Å². The van der Waals surface area contributed by atoms with Crippen molar-refractivity contribution in [2.75, 3.05) is 13.1 Å². The van der Waals surface area contributed by atoms with Crippen LogP contribution in [-0.4, -0.2) is 48.1 Å². The molecule has 0 bridgehead atoms. The highest BCUT2D eigenvalue weighted by Crippen LogP contribution is 2.35. The first kappa shape index (κ1) is 22.7. The molecule has 0 aliphatic carbocycles. The number of nitrogens with one attached hydrogen (secondary N) is 2. The van der Waals surface area contributed by atoms with Gasteiger partial charge in [-0.05, 0) is 79.9 Å². The average molecular weight is 504 g/mol. The van der Waals surface area contributed by atoms with E-state index in [0.29, 0.717) is 5.65 Å². The van der Waals surface area contributed by atoms with Gasteiger partial charge >= 0.3 is 0 Å².